The Hall–Kier alpha value is -3.58. The highest BCUT2D eigenvalue weighted by atomic mass is 16.7. The molecule has 0 bridgehead atoms. The van der Waals surface area contributed by atoms with E-state index in [1.54, 1.807) is 0 Å². The zero-order valence-electron chi connectivity index (χ0n) is 49.0. The molecule has 6 unspecified atom stereocenters. The van der Waals surface area contributed by atoms with Crippen molar-refractivity contribution in [2.75, 3.05) is 13.2 Å². The van der Waals surface area contributed by atoms with E-state index in [4.69, 9.17) is 23.7 Å². The number of carbonyl (C=O) groups excluding carboxylic acids is 3. The first-order valence-electron chi connectivity index (χ1n) is 31.3. The van der Waals surface area contributed by atoms with Gasteiger partial charge in [0.05, 0.1) is 6.61 Å². The maximum atomic E-state index is 13.2. The average Bonchev–Trinajstić information content (AvgIpc) is 3.43. The summed E-state index contributed by atoms with van der Waals surface area (Å²) < 4.78 is 28.5. The number of aliphatic hydroxyl groups is 2. The third-order valence-electron chi connectivity index (χ3n) is 14.0. The van der Waals surface area contributed by atoms with E-state index < -0.39 is 67.3 Å². The number of rotatable bonds is 53. The summed E-state index contributed by atoms with van der Waals surface area (Å²) in [6.45, 7) is 5.87. The summed E-state index contributed by atoms with van der Waals surface area (Å²) >= 11 is 0. The van der Waals surface area contributed by atoms with Gasteiger partial charge in [0.2, 0.25) is 0 Å². The molecule has 1 aliphatic heterocycles. The van der Waals surface area contributed by atoms with Gasteiger partial charge in [-0.25, -0.2) is 4.79 Å². The summed E-state index contributed by atoms with van der Waals surface area (Å²) in [6.07, 6.45) is 53.2. The quantitative estimate of drug-likeness (QED) is 0.0228. The first-order chi connectivity index (χ1) is 37.6. The van der Waals surface area contributed by atoms with Crippen molar-refractivity contribution in [3.8, 4) is 0 Å². The van der Waals surface area contributed by atoms with Gasteiger partial charge < -0.3 is 39.0 Å². The normalized spacial score (nSPS) is 18.4. The number of carboxylic acids is 1. The summed E-state index contributed by atoms with van der Waals surface area (Å²) in [5.74, 6) is -3.14. The second-order valence-electron chi connectivity index (χ2n) is 21.3. The third-order valence-corrected chi connectivity index (χ3v) is 14.0. The zero-order valence-corrected chi connectivity index (χ0v) is 49.0. The number of allylic oxidation sites excluding steroid dienone is 10. The van der Waals surface area contributed by atoms with Crippen LogP contribution in [0.1, 0.15) is 278 Å². The van der Waals surface area contributed by atoms with Gasteiger partial charge in [-0.15, -0.1) is 0 Å². The van der Waals surface area contributed by atoms with Crippen LogP contribution in [0.5, 0.6) is 0 Å². The maximum absolute atomic E-state index is 13.2. The Balaban J connectivity index is 2.69. The van der Waals surface area contributed by atoms with Crippen LogP contribution < -0.4 is 0 Å². The van der Waals surface area contributed by atoms with Crippen LogP contribution >= 0.6 is 0 Å². The highest BCUT2D eigenvalue weighted by Crippen LogP contribution is 2.26. The minimum absolute atomic E-state index is 0.0481. The minimum atomic E-state index is -1.91. The molecule has 0 aliphatic carbocycles. The molecular weight excluding hydrogens is 973 g/mol. The van der Waals surface area contributed by atoms with Crippen LogP contribution in [-0.4, -0.2) is 89.2 Å². The van der Waals surface area contributed by atoms with Crippen LogP contribution in [-0.2, 0) is 42.9 Å². The minimum Gasteiger partial charge on any atom is -0.479 e. The van der Waals surface area contributed by atoms with Gasteiger partial charge in [-0.2, -0.15) is 0 Å². The van der Waals surface area contributed by atoms with Gasteiger partial charge in [-0.05, 0) is 103 Å². The molecule has 1 aliphatic rings. The van der Waals surface area contributed by atoms with Crippen LogP contribution in [0.2, 0.25) is 0 Å². The second kappa shape index (κ2) is 53.1. The fourth-order valence-electron chi connectivity index (χ4n) is 9.25. The second-order valence-corrected chi connectivity index (χ2v) is 21.3. The van der Waals surface area contributed by atoms with E-state index in [1.165, 1.54) is 103 Å². The first kappa shape index (κ1) is 71.4. The molecule has 0 aromatic rings. The number of aliphatic carboxylic acids is 1. The number of hydrogen-bond donors (Lipinski definition) is 3. The SMILES string of the molecule is CC/C=C\C/C=C\C/C=C\CCCCCCCC(=O)OC(COC(=O)CCCCCCCCC/C=C\CCCCCCCC)COC1OC(C(=O)O)C(O)C(O)C1OC(=O)CCCCCCC/C=C\CCCCCCCC. The highest BCUT2D eigenvalue weighted by molar-refractivity contribution is 5.74. The number of hydrogen-bond acceptors (Lipinski definition) is 11. The largest absolute Gasteiger partial charge is 0.479 e. The van der Waals surface area contributed by atoms with Gasteiger partial charge in [0.1, 0.15) is 18.8 Å². The number of carboxylic acid groups (broad SMARTS) is 1. The summed E-state index contributed by atoms with van der Waals surface area (Å²) in [5, 5.41) is 31.5. The van der Waals surface area contributed by atoms with Gasteiger partial charge in [0.25, 0.3) is 0 Å². The number of unbranched alkanes of at least 4 members (excludes halogenated alkanes) is 29. The Morgan fingerprint density at radius 1 is 0.442 bits per heavy atom. The topological polar surface area (TPSA) is 175 Å². The lowest BCUT2D eigenvalue weighted by Crippen LogP contribution is -2.61. The van der Waals surface area contributed by atoms with E-state index in [-0.39, 0.29) is 25.9 Å². The van der Waals surface area contributed by atoms with Gasteiger partial charge in [0, 0.05) is 19.3 Å². The fraction of sp³-hybridized carbons (Fsp3) is 0.785. The van der Waals surface area contributed by atoms with Crippen LogP contribution in [0.15, 0.2) is 60.8 Å². The molecule has 1 saturated heterocycles. The smallest absolute Gasteiger partial charge is 0.335 e. The molecule has 3 N–H and O–H groups in total. The molecule has 0 radical (unpaired) electrons. The van der Waals surface area contributed by atoms with E-state index in [9.17, 15) is 34.5 Å². The van der Waals surface area contributed by atoms with E-state index in [1.807, 2.05) is 0 Å². The Labute approximate surface area is 468 Å². The molecule has 12 nitrogen and oxygen atoms in total. The number of ether oxygens (including phenoxy) is 5. The highest BCUT2D eigenvalue weighted by Gasteiger charge is 2.50. The number of esters is 3. The molecule has 1 heterocycles. The lowest BCUT2D eigenvalue weighted by molar-refractivity contribution is -0.301. The molecular formula is C65H112O12. The van der Waals surface area contributed by atoms with Gasteiger partial charge in [-0.3, -0.25) is 14.4 Å². The molecule has 0 aromatic carbocycles. The summed E-state index contributed by atoms with van der Waals surface area (Å²) in [5.41, 5.74) is 0. The van der Waals surface area contributed by atoms with Crippen molar-refractivity contribution in [1.82, 2.24) is 0 Å². The molecule has 12 heteroatoms. The maximum Gasteiger partial charge on any atom is 0.335 e. The van der Waals surface area contributed by atoms with E-state index in [2.05, 4.69) is 81.5 Å². The van der Waals surface area contributed by atoms with Gasteiger partial charge in [-0.1, -0.05) is 216 Å². The number of carbonyl (C=O) groups is 4. The van der Waals surface area contributed by atoms with Gasteiger partial charge in [0.15, 0.2) is 24.6 Å². The number of aliphatic hydroxyl groups excluding tert-OH is 2. The molecule has 1 rings (SSSR count). The zero-order chi connectivity index (χ0) is 56.1. The van der Waals surface area contributed by atoms with Crippen LogP contribution in [0, 0.1) is 0 Å². The molecule has 0 aromatic heterocycles. The van der Waals surface area contributed by atoms with Crippen molar-refractivity contribution in [3.05, 3.63) is 60.8 Å². The Kier molecular flexibility index (Phi) is 49.2. The Morgan fingerprint density at radius 3 is 1.26 bits per heavy atom. The molecule has 1 fully saturated rings. The molecule has 0 saturated carbocycles. The molecule has 0 spiro atoms. The van der Waals surface area contributed by atoms with Crippen molar-refractivity contribution in [2.24, 2.45) is 0 Å². The third kappa shape index (κ3) is 43.0. The van der Waals surface area contributed by atoms with Crippen molar-refractivity contribution < 1.29 is 58.2 Å². The summed E-state index contributed by atoms with van der Waals surface area (Å²) in [6, 6.07) is 0. The standard InChI is InChI=1S/C65H112O12/c1-4-7-10-13-16-19-22-25-28-29-32-33-36-39-42-45-48-51-57(66)73-54-56(75-58(67)52-49-46-43-40-37-34-30-26-23-20-17-14-11-8-5-2)55-74-65-63(61(70)60(69)62(77-65)64(71)72)76-59(68)53-50-47-44-41-38-35-31-27-24-21-18-15-12-9-6-3/h8,11,17,20,25-28,30-31,56,60-63,65,69-70H,4-7,9-10,12-16,18-19,21-24,29,32-55H2,1-3H3,(H,71,72)/b11-8-,20-17-,28-25-,30-26-,31-27-. The Bertz CT molecular complexity index is 1570. The Morgan fingerprint density at radius 2 is 0.818 bits per heavy atom. The van der Waals surface area contributed by atoms with Crippen molar-refractivity contribution in [1.29, 1.82) is 0 Å². The van der Waals surface area contributed by atoms with E-state index in [0.29, 0.717) is 19.3 Å². The van der Waals surface area contributed by atoms with Crippen molar-refractivity contribution in [3.63, 3.8) is 0 Å². The predicted molar refractivity (Wildman–Crippen MR) is 312 cm³/mol. The molecule has 444 valence electrons. The van der Waals surface area contributed by atoms with Gasteiger partial charge >= 0.3 is 23.9 Å². The monoisotopic (exact) mass is 1080 g/mol. The van der Waals surface area contributed by atoms with Crippen LogP contribution in [0.25, 0.3) is 0 Å². The molecule has 6 atom stereocenters. The van der Waals surface area contributed by atoms with Crippen molar-refractivity contribution in [2.45, 2.75) is 314 Å². The summed E-state index contributed by atoms with van der Waals surface area (Å²) in [4.78, 5) is 51.2. The fourth-order valence-corrected chi connectivity index (χ4v) is 9.25. The van der Waals surface area contributed by atoms with Crippen LogP contribution in [0.3, 0.4) is 0 Å². The lowest BCUT2D eigenvalue weighted by atomic mass is 9.98. The van der Waals surface area contributed by atoms with E-state index in [0.717, 1.165) is 116 Å². The molecule has 77 heavy (non-hydrogen) atoms. The predicted octanol–water partition coefficient (Wildman–Crippen LogP) is 16.3. The molecule has 0 amide bonds. The van der Waals surface area contributed by atoms with E-state index >= 15 is 0 Å². The average molecular weight is 1090 g/mol. The lowest BCUT2D eigenvalue weighted by Gasteiger charge is -2.40. The summed E-state index contributed by atoms with van der Waals surface area (Å²) in [7, 11) is 0. The van der Waals surface area contributed by atoms with Crippen molar-refractivity contribution >= 4 is 23.9 Å². The van der Waals surface area contributed by atoms with Crippen LogP contribution in [0.4, 0.5) is 0 Å². The first-order valence-corrected chi connectivity index (χ1v) is 31.3.